The van der Waals surface area contributed by atoms with Crippen molar-refractivity contribution in [2.24, 2.45) is 0 Å². The Morgan fingerprint density at radius 2 is 2.46 bits per heavy atom. The Morgan fingerprint density at radius 3 is 3.00 bits per heavy atom. The summed E-state index contributed by atoms with van der Waals surface area (Å²) < 4.78 is 4.59. The van der Waals surface area contributed by atoms with Gasteiger partial charge < -0.3 is 14.6 Å². The first-order valence-electron chi connectivity index (χ1n) is 4.65. The zero-order valence-electron chi connectivity index (χ0n) is 8.19. The molecule has 13 heavy (non-hydrogen) atoms. The van der Waals surface area contributed by atoms with Crippen molar-refractivity contribution in [2.45, 2.75) is 32.1 Å². The Labute approximate surface area is 79.0 Å². The number of hydrogen-bond acceptors (Lipinski definition) is 4. The van der Waals surface area contributed by atoms with Crippen molar-refractivity contribution in [3.05, 3.63) is 0 Å². The van der Waals surface area contributed by atoms with Gasteiger partial charge in [0.05, 0.1) is 13.5 Å². The summed E-state index contributed by atoms with van der Waals surface area (Å²) in [5.41, 5.74) is 0. The van der Waals surface area contributed by atoms with Gasteiger partial charge in [-0.05, 0) is 26.2 Å². The van der Waals surface area contributed by atoms with E-state index in [1.807, 2.05) is 4.81 Å². The lowest BCUT2D eigenvalue weighted by atomic mass is 9.84. The van der Waals surface area contributed by atoms with E-state index in [4.69, 9.17) is 0 Å². The number of esters is 1. The maximum atomic E-state index is 11.0. The molecule has 0 amide bonds. The van der Waals surface area contributed by atoms with Crippen LogP contribution in [0.25, 0.3) is 0 Å². The molecule has 0 radical (unpaired) electrons. The predicted molar refractivity (Wildman–Crippen MR) is 50.2 cm³/mol. The SMILES string of the molecule is COC(=O)CC1CCCN1B(C)O. The van der Waals surface area contributed by atoms with E-state index < -0.39 is 7.05 Å². The highest BCUT2D eigenvalue weighted by Gasteiger charge is 2.31. The fourth-order valence-corrected chi connectivity index (χ4v) is 1.84. The molecular formula is C8H16BNO3. The Morgan fingerprint density at radius 1 is 1.77 bits per heavy atom. The molecule has 0 spiro atoms. The van der Waals surface area contributed by atoms with Crippen molar-refractivity contribution >= 4 is 13.0 Å². The van der Waals surface area contributed by atoms with Crippen molar-refractivity contribution in [1.82, 2.24) is 4.81 Å². The summed E-state index contributed by atoms with van der Waals surface area (Å²) in [6, 6.07) is 0.160. The van der Waals surface area contributed by atoms with E-state index in [9.17, 15) is 9.82 Å². The fourth-order valence-electron chi connectivity index (χ4n) is 1.84. The van der Waals surface area contributed by atoms with Crippen molar-refractivity contribution in [3.8, 4) is 0 Å². The van der Waals surface area contributed by atoms with Gasteiger partial charge in [0, 0.05) is 6.04 Å². The molecule has 1 aliphatic rings. The fraction of sp³-hybridized carbons (Fsp3) is 0.875. The Bertz CT molecular complexity index is 186. The average Bonchev–Trinajstić information content (AvgIpc) is 2.52. The molecule has 0 aromatic heterocycles. The van der Waals surface area contributed by atoms with Gasteiger partial charge in [-0.15, -0.1) is 0 Å². The lowest BCUT2D eigenvalue weighted by molar-refractivity contribution is -0.141. The van der Waals surface area contributed by atoms with Gasteiger partial charge in [-0.25, -0.2) is 0 Å². The van der Waals surface area contributed by atoms with Gasteiger partial charge in [0.25, 0.3) is 0 Å². The molecule has 1 heterocycles. The highest BCUT2D eigenvalue weighted by atomic mass is 16.5. The van der Waals surface area contributed by atoms with Gasteiger partial charge in [0.1, 0.15) is 0 Å². The molecule has 0 aliphatic carbocycles. The third-order valence-corrected chi connectivity index (χ3v) is 2.53. The summed E-state index contributed by atoms with van der Waals surface area (Å²) in [6.45, 7) is 2.61. The smallest absolute Gasteiger partial charge is 0.376 e. The first-order valence-corrected chi connectivity index (χ1v) is 4.65. The summed E-state index contributed by atoms with van der Waals surface area (Å²) in [5.74, 6) is -0.197. The van der Waals surface area contributed by atoms with Crippen LogP contribution in [0.1, 0.15) is 19.3 Å². The van der Waals surface area contributed by atoms with E-state index >= 15 is 0 Å². The van der Waals surface area contributed by atoms with Gasteiger partial charge in [-0.1, -0.05) is 0 Å². The van der Waals surface area contributed by atoms with Gasteiger partial charge in [0.15, 0.2) is 0 Å². The van der Waals surface area contributed by atoms with Crippen LogP contribution < -0.4 is 0 Å². The number of methoxy groups -OCH3 is 1. The molecule has 1 aliphatic heterocycles. The minimum Gasteiger partial charge on any atom is -0.469 e. The number of rotatable bonds is 3. The number of carbonyl (C=O) groups excluding carboxylic acids is 1. The average molecular weight is 185 g/mol. The van der Waals surface area contributed by atoms with Crippen LogP contribution in [0, 0.1) is 0 Å². The molecule has 0 bridgehead atoms. The Balaban J connectivity index is 2.44. The number of ether oxygens (including phenoxy) is 1. The lowest BCUT2D eigenvalue weighted by Gasteiger charge is -2.23. The van der Waals surface area contributed by atoms with E-state index in [-0.39, 0.29) is 12.0 Å². The second-order valence-corrected chi connectivity index (χ2v) is 3.45. The zero-order valence-corrected chi connectivity index (χ0v) is 8.19. The zero-order chi connectivity index (χ0) is 9.84. The van der Waals surface area contributed by atoms with Crippen LogP contribution in [0.2, 0.25) is 6.82 Å². The summed E-state index contributed by atoms with van der Waals surface area (Å²) in [4.78, 5) is 12.9. The molecule has 0 aromatic rings. The van der Waals surface area contributed by atoms with Crippen molar-refractivity contribution in [3.63, 3.8) is 0 Å². The summed E-state index contributed by atoms with van der Waals surface area (Å²) >= 11 is 0. The van der Waals surface area contributed by atoms with E-state index in [2.05, 4.69) is 4.74 Å². The molecule has 1 saturated heterocycles. The normalized spacial score (nSPS) is 23.2. The standard InChI is InChI=1S/C8H16BNO3/c1-9(12)10-5-3-4-7(10)6-8(11)13-2/h7,12H,3-6H2,1-2H3. The maximum absolute atomic E-state index is 11.0. The first-order chi connectivity index (χ1) is 6.15. The maximum Gasteiger partial charge on any atom is 0.376 e. The van der Waals surface area contributed by atoms with E-state index in [0.717, 1.165) is 19.4 Å². The van der Waals surface area contributed by atoms with Crippen LogP contribution in [0.15, 0.2) is 0 Å². The van der Waals surface area contributed by atoms with Crippen molar-refractivity contribution < 1.29 is 14.6 Å². The van der Waals surface area contributed by atoms with Crippen LogP contribution >= 0.6 is 0 Å². The third kappa shape index (κ3) is 2.71. The van der Waals surface area contributed by atoms with Gasteiger partial charge in [0.2, 0.25) is 0 Å². The van der Waals surface area contributed by atoms with Gasteiger partial charge in [-0.2, -0.15) is 0 Å². The van der Waals surface area contributed by atoms with E-state index in [1.165, 1.54) is 7.11 Å². The molecular weight excluding hydrogens is 169 g/mol. The summed E-state index contributed by atoms with van der Waals surface area (Å²) in [5, 5.41) is 9.38. The third-order valence-electron chi connectivity index (χ3n) is 2.53. The molecule has 1 rings (SSSR count). The quantitative estimate of drug-likeness (QED) is 0.501. The summed E-state index contributed by atoms with van der Waals surface area (Å²) in [7, 11) is 0.932. The lowest BCUT2D eigenvalue weighted by Crippen LogP contribution is -2.41. The molecule has 0 saturated carbocycles. The molecule has 1 atom stereocenters. The molecule has 1 fully saturated rings. The molecule has 4 nitrogen and oxygen atoms in total. The minimum absolute atomic E-state index is 0.160. The second-order valence-electron chi connectivity index (χ2n) is 3.45. The van der Waals surface area contributed by atoms with Crippen LogP contribution in [0.5, 0.6) is 0 Å². The van der Waals surface area contributed by atoms with Gasteiger partial charge in [-0.3, -0.25) is 4.79 Å². The number of nitrogens with zero attached hydrogens (tertiary/aromatic N) is 1. The van der Waals surface area contributed by atoms with Crippen molar-refractivity contribution in [2.75, 3.05) is 13.7 Å². The molecule has 74 valence electrons. The molecule has 5 heteroatoms. The largest absolute Gasteiger partial charge is 0.469 e. The highest BCUT2D eigenvalue weighted by Crippen LogP contribution is 2.20. The number of hydrogen-bond donors (Lipinski definition) is 1. The Hall–Kier alpha value is -0.545. The van der Waals surface area contributed by atoms with Crippen LogP contribution in [-0.4, -0.2) is 42.6 Å². The van der Waals surface area contributed by atoms with Crippen LogP contribution in [0.4, 0.5) is 0 Å². The number of carbonyl (C=O) groups is 1. The first kappa shape index (κ1) is 10.5. The van der Waals surface area contributed by atoms with Crippen molar-refractivity contribution in [1.29, 1.82) is 0 Å². The molecule has 0 aromatic carbocycles. The summed E-state index contributed by atoms with van der Waals surface area (Å²) in [6.07, 6.45) is 2.41. The molecule has 1 unspecified atom stereocenters. The second kappa shape index (κ2) is 4.62. The van der Waals surface area contributed by atoms with E-state index in [0.29, 0.717) is 6.42 Å². The molecule has 1 N–H and O–H groups in total. The van der Waals surface area contributed by atoms with Crippen LogP contribution in [-0.2, 0) is 9.53 Å². The van der Waals surface area contributed by atoms with Crippen LogP contribution in [0.3, 0.4) is 0 Å². The highest BCUT2D eigenvalue weighted by molar-refractivity contribution is 6.45. The predicted octanol–water partition coefficient (Wildman–Crippen LogP) is 0.124. The monoisotopic (exact) mass is 185 g/mol. The van der Waals surface area contributed by atoms with E-state index in [1.54, 1.807) is 6.82 Å². The van der Waals surface area contributed by atoms with Gasteiger partial charge >= 0.3 is 13.0 Å². The minimum atomic E-state index is -0.461. The Kier molecular flexibility index (Phi) is 3.75. The topological polar surface area (TPSA) is 49.8 Å².